The Morgan fingerprint density at radius 2 is 1.65 bits per heavy atom. The number of benzene rings is 1. The molecule has 0 radical (unpaired) electrons. The number of halogens is 6. The summed E-state index contributed by atoms with van der Waals surface area (Å²) in [6, 6.07) is 6.26. The highest BCUT2D eigenvalue weighted by molar-refractivity contribution is 6.20. The van der Waals surface area contributed by atoms with E-state index in [1.54, 1.807) is 11.0 Å². The molecule has 0 spiro atoms. The average Bonchev–Trinajstić information content (AvgIpc) is 3.34. The maximum absolute atomic E-state index is 12.5. The van der Waals surface area contributed by atoms with Gasteiger partial charge in [-0.25, -0.2) is 14.6 Å². The lowest BCUT2D eigenvalue weighted by atomic mass is 10.1. The number of rotatable bonds is 2. The molecule has 0 aliphatic carbocycles. The molecule has 2 aliphatic heterocycles. The van der Waals surface area contributed by atoms with Gasteiger partial charge in [-0.05, 0) is 18.2 Å². The van der Waals surface area contributed by atoms with E-state index in [9.17, 15) is 41.5 Å². The van der Waals surface area contributed by atoms with Crippen molar-refractivity contribution in [2.24, 2.45) is 9.98 Å². The number of methoxy groups -OCH3 is 1. The Kier molecular flexibility index (Phi) is 9.47. The summed E-state index contributed by atoms with van der Waals surface area (Å²) in [4.78, 5) is 41.0. The number of phenols is 1. The number of amides is 1. The molecule has 0 bridgehead atoms. The van der Waals surface area contributed by atoms with Gasteiger partial charge in [0.25, 0.3) is 5.91 Å². The Morgan fingerprint density at radius 1 is 1.07 bits per heavy atom. The molecule has 0 atom stereocenters. The summed E-state index contributed by atoms with van der Waals surface area (Å²) in [6.07, 6.45) is -7.69. The summed E-state index contributed by atoms with van der Waals surface area (Å²) in [7, 11) is 1.43. The highest BCUT2D eigenvalue weighted by Gasteiger charge is 2.39. The smallest absolute Gasteiger partial charge is 0.490 e. The zero-order valence-electron chi connectivity index (χ0n) is 19.8. The van der Waals surface area contributed by atoms with Crippen molar-refractivity contribution in [2.45, 2.75) is 12.4 Å². The number of nitrogens with one attached hydrogen (secondary N) is 1. The van der Waals surface area contributed by atoms with Gasteiger partial charge in [0, 0.05) is 18.2 Å². The summed E-state index contributed by atoms with van der Waals surface area (Å²) < 4.78 is 69.3. The summed E-state index contributed by atoms with van der Waals surface area (Å²) in [6.45, 7) is 1.12. The minimum Gasteiger partial charge on any atom is -0.619 e. The lowest BCUT2D eigenvalue weighted by Crippen LogP contribution is -2.47. The monoisotopic (exact) mass is 581 g/mol. The number of carbonyl (C=O) groups excluding carboxylic acids is 1. The zero-order valence-corrected chi connectivity index (χ0v) is 19.8. The summed E-state index contributed by atoms with van der Waals surface area (Å²) in [5.41, 5.74) is 1.32. The van der Waals surface area contributed by atoms with Crippen molar-refractivity contribution in [1.82, 2.24) is 10.2 Å². The van der Waals surface area contributed by atoms with Crippen LogP contribution in [0.15, 0.2) is 46.6 Å². The van der Waals surface area contributed by atoms with E-state index in [2.05, 4.69) is 15.3 Å². The van der Waals surface area contributed by atoms with Crippen LogP contribution in [-0.4, -0.2) is 82.4 Å². The quantitative estimate of drug-likeness (QED) is 0.233. The van der Waals surface area contributed by atoms with Gasteiger partial charge in [-0.3, -0.25) is 20.0 Å². The van der Waals surface area contributed by atoms with Crippen LogP contribution in [0.4, 0.5) is 32.0 Å². The number of carbonyl (C=O) groups is 3. The van der Waals surface area contributed by atoms with Gasteiger partial charge in [-0.1, -0.05) is 0 Å². The second-order valence-corrected chi connectivity index (χ2v) is 7.32. The first-order valence-corrected chi connectivity index (χ1v) is 10.4. The number of amidine groups is 1. The van der Waals surface area contributed by atoms with E-state index >= 15 is 0 Å². The number of alkyl halides is 6. The number of guanidine groups is 1. The minimum atomic E-state index is -5.08. The number of carboxylic acid groups (broad SMARTS) is 2. The number of aromatic nitrogens is 1. The van der Waals surface area contributed by atoms with Crippen LogP contribution in [0.2, 0.25) is 0 Å². The highest BCUT2D eigenvalue weighted by Crippen LogP contribution is 2.42. The Balaban J connectivity index is 0.000000333. The van der Waals surface area contributed by atoms with Crippen LogP contribution in [0, 0.1) is 5.21 Å². The number of fused-ring (bicyclic) bond motifs is 3. The number of phenolic OH excluding ortho intramolecular Hbond substituents is 1. The fourth-order valence-corrected chi connectivity index (χ4v) is 2.96. The number of hydrogen-bond donors (Lipinski definition) is 4. The second-order valence-electron chi connectivity index (χ2n) is 7.32. The summed E-state index contributed by atoms with van der Waals surface area (Å²) in [5, 5.41) is 38.4. The van der Waals surface area contributed by atoms with E-state index in [0.29, 0.717) is 34.9 Å². The fourth-order valence-electron chi connectivity index (χ4n) is 2.96. The largest absolute Gasteiger partial charge is 0.619 e. The Morgan fingerprint density at radius 3 is 2.15 bits per heavy atom. The molecule has 13 nitrogen and oxygen atoms in total. The number of aromatic hydroxyl groups is 1. The molecule has 1 amide bonds. The Bertz CT molecular complexity index is 1340. The SMILES string of the molecule is COc1c(O)ccc2c1N=C(NC(=O)c1ccc[n+]([O-])c1)N1CCN=C21.O=C(O)C(F)(F)F.O=C(O)C(F)(F)F. The van der Waals surface area contributed by atoms with Crippen molar-refractivity contribution in [3.8, 4) is 11.5 Å². The highest BCUT2D eigenvalue weighted by atomic mass is 19.4. The van der Waals surface area contributed by atoms with Gasteiger partial charge in [0.05, 0.1) is 13.7 Å². The molecule has 0 saturated heterocycles. The third kappa shape index (κ3) is 7.71. The van der Waals surface area contributed by atoms with E-state index in [0.717, 1.165) is 0 Å². The predicted molar refractivity (Wildman–Crippen MR) is 120 cm³/mol. The first-order chi connectivity index (χ1) is 18.5. The maximum Gasteiger partial charge on any atom is 0.490 e. The number of aliphatic carboxylic acids is 2. The first kappa shape index (κ1) is 31.1. The normalized spacial score (nSPS) is 13.6. The molecule has 0 unspecified atom stereocenters. The maximum atomic E-state index is 12.5. The van der Waals surface area contributed by atoms with Gasteiger partial charge in [0.15, 0.2) is 23.9 Å². The van der Waals surface area contributed by atoms with E-state index in [-0.39, 0.29) is 23.0 Å². The van der Waals surface area contributed by atoms with Crippen LogP contribution >= 0.6 is 0 Å². The van der Waals surface area contributed by atoms with Gasteiger partial charge in [0.2, 0.25) is 5.96 Å². The third-order valence-corrected chi connectivity index (χ3v) is 4.62. The third-order valence-electron chi connectivity index (χ3n) is 4.62. The van der Waals surface area contributed by atoms with Crippen LogP contribution in [-0.2, 0) is 9.59 Å². The van der Waals surface area contributed by atoms with Crippen molar-refractivity contribution in [1.29, 1.82) is 0 Å². The van der Waals surface area contributed by atoms with E-state index in [1.165, 1.54) is 37.7 Å². The van der Waals surface area contributed by atoms with Gasteiger partial charge < -0.3 is 25.3 Å². The molecule has 40 heavy (non-hydrogen) atoms. The Labute approximate surface area is 218 Å². The molecule has 2 aromatic rings. The van der Waals surface area contributed by atoms with Crippen LogP contribution in [0.5, 0.6) is 11.5 Å². The molecule has 0 fully saturated rings. The Hall–Kier alpha value is -5.10. The number of nitrogens with zero attached hydrogens (tertiary/aromatic N) is 4. The number of hydrogen-bond acceptors (Lipinski definition) is 9. The van der Waals surface area contributed by atoms with Crippen LogP contribution in [0.3, 0.4) is 0 Å². The van der Waals surface area contributed by atoms with E-state index < -0.39 is 30.2 Å². The fraction of sp³-hybridized carbons (Fsp3) is 0.238. The molecule has 4 N–H and O–H groups in total. The zero-order chi connectivity index (χ0) is 30.4. The first-order valence-electron chi connectivity index (χ1n) is 10.4. The minimum absolute atomic E-state index is 0.0526. The lowest BCUT2D eigenvalue weighted by Gasteiger charge is -2.28. The molecule has 4 rings (SSSR count). The molecular weight excluding hydrogens is 564 g/mol. The average molecular weight is 581 g/mol. The van der Waals surface area contributed by atoms with Gasteiger partial charge in [0.1, 0.15) is 17.1 Å². The molecule has 0 saturated carbocycles. The molecule has 1 aromatic heterocycles. The standard InChI is InChI=1S/C17H15N5O4.2C2HF3O2/c1-26-14-12(23)5-4-11-13(14)19-17(22-8-6-18-15(11)22)20-16(24)10-3-2-7-21(25)9-10;2*3-2(4,5)1(6)7/h2-5,7,9,23H,6,8H2,1H3,(H,19,20,24);2*(H,6,7). The number of carboxylic acids is 2. The molecule has 216 valence electrons. The number of aliphatic imine (C=N–C) groups is 2. The van der Waals surface area contributed by atoms with Gasteiger partial charge >= 0.3 is 24.3 Å². The van der Waals surface area contributed by atoms with Gasteiger partial charge in [-0.2, -0.15) is 31.1 Å². The molecule has 2 aliphatic rings. The number of ether oxygens (including phenoxy) is 1. The lowest BCUT2D eigenvalue weighted by molar-refractivity contribution is -0.605. The molecule has 3 heterocycles. The molecule has 1 aromatic carbocycles. The van der Waals surface area contributed by atoms with Crippen LogP contribution < -0.4 is 14.8 Å². The van der Waals surface area contributed by atoms with Crippen molar-refractivity contribution in [2.75, 3.05) is 20.2 Å². The van der Waals surface area contributed by atoms with Crippen molar-refractivity contribution >= 4 is 35.3 Å². The van der Waals surface area contributed by atoms with Gasteiger partial charge in [-0.15, -0.1) is 0 Å². The van der Waals surface area contributed by atoms with Crippen LogP contribution in [0.25, 0.3) is 0 Å². The van der Waals surface area contributed by atoms with Crippen molar-refractivity contribution < 1.29 is 65.5 Å². The molecular formula is C21H17F6N5O8. The summed E-state index contributed by atoms with van der Waals surface area (Å²) >= 11 is 0. The molecule has 19 heteroatoms. The predicted octanol–water partition coefficient (Wildman–Crippen LogP) is 1.79. The topological polar surface area (TPSA) is 188 Å². The van der Waals surface area contributed by atoms with Crippen molar-refractivity contribution in [3.05, 3.63) is 53.0 Å². The summed E-state index contributed by atoms with van der Waals surface area (Å²) in [5.74, 6) is -4.91. The van der Waals surface area contributed by atoms with E-state index in [4.69, 9.17) is 24.5 Å². The van der Waals surface area contributed by atoms with Crippen LogP contribution in [0.1, 0.15) is 15.9 Å². The van der Waals surface area contributed by atoms with E-state index in [1.807, 2.05) is 0 Å². The number of pyridine rings is 1. The second kappa shape index (κ2) is 12.2. The van der Waals surface area contributed by atoms with Crippen molar-refractivity contribution in [3.63, 3.8) is 0 Å².